The van der Waals surface area contributed by atoms with E-state index in [4.69, 9.17) is 13.9 Å². The van der Waals surface area contributed by atoms with Gasteiger partial charge in [-0.3, -0.25) is 14.5 Å². The lowest BCUT2D eigenvalue weighted by atomic mass is 9.99. The second kappa shape index (κ2) is 8.63. The first-order valence-electron chi connectivity index (χ1n) is 10.1. The van der Waals surface area contributed by atoms with E-state index in [9.17, 15) is 9.59 Å². The first kappa shape index (κ1) is 21.2. The van der Waals surface area contributed by atoms with E-state index in [2.05, 4.69) is 5.32 Å². The number of ether oxygens (including phenoxy) is 2. The topological polar surface area (TPSA) is 81.0 Å². The van der Waals surface area contributed by atoms with E-state index < -0.39 is 5.91 Å². The molecular formula is C25H24N2O5. The van der Waals surface area contributed by atoms with Crippen LogP contribution in [0.3, 0.4) is 0 Å². The third-order valence-corrected chi connectivity index (χ3v) is 5.48. The maximum atomic E-state index is 13.4. The maximum Gasteiger partial charge on any atom is 0.278 e. The van der Waals surface area contributed by atoms with Gasteiger partial charge in [-0.2, -0.15) is 0 Å². The highest BCUT2D eigenvalue weighted by Gasteiger charge is 2.39. The Balaban J connectivity index is 1.79. The highest BCUT2D eigenvalue weighted by molar-refractivity contribution is 6.36. The number of methoxy groups -OCH3 is 2. The first-order chi connectivity index (χ1) is 15.4. The number of aryl methyl sites for hydroxylation is 2. The summed E-state index contributed by atoms with van der Waals surface area (Å²) in [5.41, 5.74) is 3.88. The van der Waals surface area contributed by atoms with Crippen LogP contribution in [0.5, 0.6) is 11.5 Å². The predicted octanol–water partition coefficient (Wildman–Crippen LogP) is 4.31. The van der Waals surface area contributed by atoms with Crippen molar-refractivity contribution < 1.29 is 23.5 Å². The molecule has 2 amide bonds. The van der Waals surface area contributed by atoms with Gasteiger partial charge in [0.25, 0.3) is 11.8 Å². The molecule has 164 valence electrons. The molecule has 0 spiro atoms. The molecule has 0 saturated heterocycles. The van der Waals surface area contributed by atoms with E-state index in [1.807, 2.05) is 32.0 Å². The molecule has 7 nitrogen and oxygen atoms in total. The summed E-state index contributed by atoms with van der Waals surface area (Å²) in [6, 6.07) is 14.4. The molecule has 1 aliphatic heterocycles. The van der Waals surface area contributed by atoms with Crippen molar-refractivity contribution in [2.45, 2.75) is 20.4 Å². The third kappa shape index (κ3) is 3.97. The number of anilines is 1. The monoisotopic (exact) mass is 432 g/mol. The molecule has 0 radical (unpaired) electrons. The first-order valence-corrected chi connectivity index (χ1v) is 10.1. The van der Waals surface area contributed by atoms with Crippen molar-refractivity contribution in [2.24, 2.45) is 0 Å². The lowest BCUT2D eigenvalue weighted by Gasteiger charge is -2.14. The second-order valence-electron chi connectivity index (χ2n) is 7.55. The fourth-order valence-corrected chi connectivity index (χ4v) is 3.58. The van der Waals surface area contributed by atoms with Gasteiger partial charge in [-0.15, -0.1) is 0 Å². The standard InChI is InChI=1S/C25H24N2O5/c1-15-7-8-17(10-16(15)2)22-23(26-18-11-20(30-3)13-21(12-18)31-4)25(29)27(24(22)28)14-19-6-5-9-32-19/h5-13,26H,14H2,1-4H3. The van der Waals surface area contributed by atoms with Crippen LogP contribution in [0.4, 0.5) is 5.69 Å². The molecule has 3 aromatic rings. The van der Waals surface area contributed by atoms with Crippen LogP contribution in [0.25, 0.3) is 5.57 Å². The van der Waals surface area contributed by atoms with Crippen molar-refractivity contribution in [1.29, 1.82) is 0 Å². The molecule has 0 aliphatic carbocycles. The van der Waals surface area contributed by atoms with Gasteiger partial charge in [0.2, 0.25) is 0 Å². The Morgan fingerprint density at radius 2 is 1.62 bits per heavy atom. The van der Waals surface area contributed by atoms with Crippen molar-refractivity contribution in [1.82, 2.24) is 4.90 Å². The number of nitrogens with one attached hydrogen (secondary N) is 1. The van der Waals surface area contributed by atoms with E-state index in [1.165, 1.54) is 11.2 Å². The molecule has 2 heterocycles. The molecule has 1 N–H and O–H groups in total. The zero-order chi connectivity index (χ0) is 22.8. The molecule has 1 aromatic heterocycles. The zero-order valence-electron chi connectivity index (χ0n) is 18.4. The van der Waals surface area contributed by atoms with Crippen molar-refractivity contribution in [3.8, 4) is 11.5 Å². The van der Waals surface area contributed by atoms with Crippen LogP contribution >= 0.6 is 0 Å². The summed E-state index contributed by atoms with van der Waals surface area (Å²) in [4.78, 5) is 28.0. The number of imide groups is 1. The highest BCUT2D eigenvalue weighted by atomic mass is 16.5. The average Bonchev–Trinajstić information content (AvgIpc) is 3.38. The average molecular weight is 432 g/mol. The van der Waals surface area contributed by atoms with Crippen LogP contribution in [0, 0.1) is 13.8 Å². The van der Waals surface area contributed by atoms with Crippen LogP contribution in [0.2, 0.25) is 0 Å². The maximum absolute atomic E-state index is 13.4. The van der Waals surface area contributed by atoms with Crippen LogP contribution in [0.1, 0.15) is 22.5 Å². The molecular weight excluding hydrogens is 408 g/mol. The molecule has 0 unspecified atom stereocenters. The SMILES string of the molecule is COc1cc(NC2=C(c3ccc(C)c(C)c3)C(=O)N(Cc3ccco3)C2=O)cc(OC)c1. The molecule has 32 heavy (non-hydrogen) atoms. The number of benzene rings is 2. The third-order valence-electron chi connectivity index (χ3n) is 5.48. The van der Waals surface area contributed by atoms with Crippen molar-refractivity contribution in [2.75, 3.05) is 19.5 Å². The number of furan rings is 1. The Hall–Kier alpha value is -4.00. The van der Waals surface area contributed by atoms with E-state index in [0.717, 1.165) is 11.1 Å². The van der Waals surface area contributed by atoms with Crippen LogP contribution in [-0.4, -0.2) is 30.9 Å². The molecule has 0 saturated carbocycles. The van der Waals surface area contributed by atoms with Gasteiger partial charge in [0, 0.05) is 23.9 Å². The number of hydrogen-bond donors (Lipinski definition) is 1. The zero-order valence-corrected chi connectivity index (χ0v) is 18.4. The molecule has 0 fully saturated rings. The van der Waals surface area contributed by atoms with Gasteiger partial charge in [-0.25, -0.2) is 0 Å². The predicted molar refractivity (Wildman–Crippen MR) is 120 cm³/mol. The van der Waals surface area contributed by atoms with E-state index in [1.54, 1.807) is 44.6 Å². The fraction of sp³-hybridized carbons (Fsp3) is 0.200. The summed E-state index contributed by atoms with van der Waals surface area (Å²) >= 11 is 0. The summed E-state index contributed by atoms with van der Waals surface area (Å²) < 4.78 is 16.0. The molecule has 4 rings (SSSR count). The smallest absolute Gasteiger partial charge is 0.278 e. The lowest BCUT2D eigenvalue weighted by molar-refractivity contribution is -0.137. The van der Waals surface area contributed by atoms with Crippen molar-refractivity contribution in [3.63, 3.8) is 0 Å². The van der Waals surface area contributed by atoms with Gasteiger partial charge in [-0.05, 0) is 42.7 Å². The van der Waals surface area contributed by atoms with Gasteiger partial charge in [0.05, 0.1) is 32.6 Å². The van der Waals surface area contributed by atoms with Crippen LogP contribution < -0.4 is 14.8 Å². The van der Waals surface area contributed by atoms with Gasteiger partial charge >= 0.3 is 0 Å². The molecule has 7 heteroatoms. The Morgan fingerprint density at radius 3 is 2.22 bits per heavy atom. The number of carbonyl (C=O) groups excluding carboxylic acids is 2. The van der Waals surface area contributed by atoms with Gasteiger partial charge < -0.3 is 19.2 Å². The summed E-state index contributed by atoms with van der Waals surface area (Å²) in [5, 5.41) is 3.14. The van der Waals surface area contributed by atoms with Crippen molar-refractivity contribution in [3.05, 3.63) is 82.9 Å². The normalized spacial score (nSPS) is 13.7. The largest absolute Gasteiger partial charge is 0.497 e. The molecule has 0 bridgehead atoms. The Morgan fingerprint density at radius 1 is 0.906 bits per heavy atom. The minimum Gasteiger partial charge on any atom is -0.497 e. The summed E-state index contributed by atoms with van der Waals surface area (Å²) in [5.74, 6) is 0.831. The van der Waals surface area contributed by atoms with Crippen LogP contribution in [0.15, 0.2) is 64.9 Å². The second-order valence-corrected chi connectivity index (χ2v) is 7.55. The Labute approximate surface area is 186 Å². The van der Waals surface area contributed by atoms with Crippen LogP contribution in [-0.2, 0) is 16.1 Å². The van der Waals surface area contributed by atoms with Gasteiger partial charge in [-0.1, -0.05) is 18.2 Å². The number of amides is 2. The molecule has 1 aliphatic rings. The van der Waals surface area contributed by atoms with E-state index in [-0.39, 0.29) is 18.1 Å². The molecule has 2 aromatic carbocycles. The Kier molecular flexibility index (Phi) is 5.73. The minimum atomic E-state index is -0.429. The van der Waals surface area contributed by atoms with Gasteiger partial charge in [0.15, 0.2) is 0 Å². The number of rotatable bonds is 7. The number of nitrogens with zero attached hydrogens (tertiary/aromatic N) is 1. The van der Waals surface area contributed by atoms with Gasteiger partial charge in [0.1, 0.15) is 23.0 Å². The fourth-order valence-electron chi connectivity index (χ4n) is 3.58. The highest BCUT2D eigenvalue weighted by Crippen LogP contribution is 2.34. The lowest BCUT2D eigenvalue weighted by Crippen LogP contribution is -2.31. The van der Waals surface area contributed by atoms with E-state index >= 15 is 0 Å². The summed E-state index contributed by atoms with van der Waals surface area (Å²) in [7, 11) is 3.10. The number of hydrogen-bond acceptors (Lipinski definition) is 6. The number of carbonyl (C=O) groups is 2. The Bertz CT molecular complexity index is 1190. The summed E-state index contributed by atoms with van der Waals surface area (Å²) in [6.07, 6.45) is 1.51. The minimum absolute atomic E-state index is 0.0472. The molecule has 0 atom stereocenters. The van der Waals surface area contributed by atoms with E-state index in [0.29, 0.717) is 34.1 Å². The quantitative estimate of drug-likeness (QED) is 0.561. The van der Waals surface area contributed by atoms with Crippen molar-refractivity contribution >= 4 is 23.1 Å². The summed E-state index contributed by atoms with van der Waals surface area (Å²) in [6.45, 7) is 4.02.